The molecule has 29 heavy (non-hydrogen) atoms. The fourth-order valence-corrected chi connectivity index (χ4v) is 4.36. The van der Waals surface area contributed by atoms with E-state index in [4.69, 9.17) is 21.1 Å². The Morgan fingerprint density at radius 1 is 1.17 bits per heavy atom. The highest BCUT2D eigenvalue weighted by molar-refractivity contribution is 7.92. The maximum Gasteiger partial charge on any atom is 0.248 e. The predicted octanol–water partition coefficient (Wildman–Crippen LogP) is 3.93. The van der Waals surface area contributed by atoms with Crippen LogP contribution in [0.25, 0.3) is 0 Å². The van der Waals surface area contributed by atoms with Gasteiger partial charge in [-0.05, 0) is 55.8 Å². The smallest absolute Gasteiger partial charge is 0.248 e. The number of anilines is 2. The Bertz CT molecular complexity index is 948. The minimum absolute atomic E-state index is 0.274. The van der Waals surface area contributed by atoms with Crippen molar-refractivity contribution in [3.8, 4) is 11.5 Å². The van der Waals surface area contributed by atoms with Gasteiger partial charge in [0.2, 0.25) is 15.9 Å². The summed E-state index contributed by atoms with van der Waals surface area (Å²) in [6.07, 6.45) is 1.35. The predicted molar refractivity (Wildman–Crippen MR) is 116 cm³/mol. The van der Waals surface area contributed by atoms with Crippen LogP contribution >= 0.6 is 11.6 Å². The third-order valence-electron chi connectivity index (χ3n) is 4.15. The van der Waals surface area contributed by atoms with E-state index in [1.807, 2.05) is 6.92 Å². The number of amides is 1. The summed E-state index contributed by atoms with van der Waals surface area (Å²) in [5, 5.41) is 3.07. The second-order valence-electron chi connectivity index (χ2n) is 6.25. The average Bonchev–Trinajstić information content (AvgIpc) is 2.66. The quantitative estimate of drug-likeness (QED) is 0.638. The summed E-state index contributed by atoms with van der Waals surface area (Å²) in [7, 11) is -2.23. The maximum atomic E-state index is 12.9. The zero-order valence-electron chi connectivity index (χ0n) is 16.8. The molecule has 1 amide bonds. The number of hydrogen-bond donors (Lipinski definition) is 1. The van der Waals surface area contributed by atoms with Gasteiger partial charge < -0.3 is 14.8 Å². The van der Waals surface area contributed by atoms with Crippen LogP contribution in [-0.2, 0) is 14.8 Å². The number of nitrogens with zero attached hydrogens (tertiary/aromatic N) is 1. The van der Waals surface area contributed by atoms with Gasteiger partial charge in [-0.25, -0.2) is 8.42 Å². The van der Waals surface area contributed by atoms with Gasteiger partial charge in [0.25, 0.3) is 0 Å². The highest BCUT2D eigenvalue weighted by Crippen LogP contribution is 2.29. The number of methoxy groups -OCH3 is 1. The van der Waals surface area contributed by atoms with Crippen LogP contribution in [0.4, 0.5) is 11.4 Å². The summed E-state index contributed by atoms with van der Waals surface area (Å²) < 4.78 is 36.6. The van der Waals surface area contributed by atoms with Crippen molar-refractivity contribution >= 4 is 38.9 Å². The number of rotatable bonds is 9. The number of carbonyl (C=O) groups excluding carboxylic acids is 1. The Labute approximate surface area is 176 Å². The minimum atomic E-state index is -3.72. The SMILES string of the molecule is CCOc1ccc(N([C@H](CC)C(=O)Nc2ccc(OC)c(Cl)c2)S(C)(=O)=O)cc1. The third kappa shape index (κ3) is 5.77. The van der Waals surface area contributed by atoms with E-state index in [2.05, 4.69) is 5.32 Å². The Morgan fingerprint density at radius 3 is 2.31 bits per heavy atom. The van der Waals surface area contributed by atoms with Gasteiger partial charge >= 0.3 is 0 Å². The number of carbonyl (C=O) groups is 1. The first-order valence-corrected chi connectivity index (χ1v) is 11.3. The third-order valence-corrected chi connectivity index (χ3v) is 5.63. The van der Waals surface area contributed by atoms with Crippen molar-refractivity contribution in [1.29, 1.82) is 0 Å². The summed E-state index contributed by atoms with van der Waals surface area (Å²) in [4.78, 5) is 12.9. The molecule has 0 aliphatic heterocycles. The van der Waals surface area contributed by atoms with Crippen LogP contribution in [0.5, 0.6) is 11.5 Å². The first-order valence-electron chi connectivity index (χ1n) is 9.07. The summed E-state index contributed by atoms with van der Waals surface area (Å²) in [6.45, 7) is 4.11. The van der Waals surface area contributed by atoms with Crippen LogP contribution < -0.4 is 19.1 Å². The molecule has 2 aromatic rings. The first-order chi connectivity index (χ1) is 13.7. The van der Waals surface area contributed by atoms with Crippen molar-refractivity contribution < 1.29 is 22.7 Å². The van der Waals surface area contributed by atoms with E-state index < -0.39 is 22.0 Å². The number of nitrogens with one attached hydrogen (secondary N) is 1. The monoisotopic (exact) mass is 440 g/mol. The second-order valence-corrected chi connectivity index (χ2v) is 8.51. The lowest BCUT2D eigenvalue weighted by Gasteiger charge is -2.30. The van der Waals surface area contributed by atoms with E-state index in [1.165, 1.54) is 7.11 Å². The van der Waals surface area contributed by atoms with E-state index in [9.17, 15) is 13.2 Å². The van der Waals surface area contributed by atoms with Crippen LogP contribution in [0.3, 0.4) is 0 Å². The number of benzene rings is 2. The van der Waals surface area contributed by atoms with E-state index in [0.717, 1.165) is 10.6 Å². The molecule has 0 fully saturated rings. The van der Waals surface area contributed by atoms with E-state index >= 15 is 0 Å². The highest BCUT2D eigenvalue weighted by Gasteiger charge is 2.31. The molecule has 1 N–H and O–H groups in total. The lowest BCUT2D eigenvalue weighted by Crippen LogP contribution is -2.47. The molecular formula is C20H25ClN2O5S. The molecule has 0 aromatic heterocycles. The molecule has 0 aliphatic carbocycles. The molecule has 2 rings (SSSR count). The number of halogens is 1. The normalized spacial score (nSPS) is 12.2. The van der Waals surface area contributed by atoms with Crippen molar-refractivity contribution in [1.82, 2.24) is 0 Å². The molecule has 7 nitrogen and oxygen atoms in total. The molecule has 0 radical (unpaired) electrons. The van der Waals surface area contributed by atoms with E-state index in [0.29, 0.717) is 34.5 Å². The molecule has 0 unspecified atom stereocenters. The molecule has 1 atom stereocenters. The van der Waals surface area contributed by atoms with E-state index in [-0.39, 0.29) is 6.42 Å². The molecule has 0 bridgehead atoms. The molecule has 0 spiro atoms. The number of sulfonamides is 1. The van der Waals surface area contributed by atoms with Crippen LogP contribution in [0.15, 0.2) is 42.5 Å². The topological polar surface area (TPSA) is 84.9 Å². The van der Waals surface area contributed by atoms with Gasteiger partial charge in [-0.2, -0.15) is 0 Å². The van der Waals surface area contributed by atoms with Crippen molar-refractivity contribution in [2.75, 3.05) is 29.6 Å². The molecule has 158 valence electrons. The molecule has 2 aromatic carbocycles. The standard InChI is InChI=1S/C20H25ClN2O5S/c1-5-18(20(24)22-14-7-12-19(27-3)17(21)13-14)23(29(4,25)26)15-8-10-16(11-9-15)28-6-2/h7-13,18H,5-6H2,1-4H3,(H,22,24)/t18-/m1/s1. The van der Waals surface area contributed by atoms with Gasteiger partial charge in [-0.15, -0.1) is 0 Å². The first kappa shape index (κ1) is 22.8. The van der Waals surface area contributed by atoms with Crippen LogP contribution in [0.1, 0.15) is 20.3 Å². The summed E-state index contributed by atoms with van der Waals surface area (Å²) in [6, 6.07) is 10.4. The summed E-state index contributed by atoms with van der Waals surface area (Å²) in [5.74, 6) is 0.631. The Hall–Kier alpha value is -2.45. The van der Waals surface area contributed by atoms with Gasteiger partial charge in [0.15, 0.2) is 0 Å². The van der Waals surface area contributed by atoms with Crippen LogP contribution in [0.2, 0.25) is 5.02 Å². The Kier molecular flexibility index (Phi) is 7.75. The largest absolute Gasteiger partial charge is 0.495 e. The summed E-state index contributed by atoms with van der Waals surface area (Å²) in [5.41, 5.74) is 0.824. The molecular weight excluding hydrogens is 416 g/mol. The lowest BCUT2D eigenvalue weighted by atomic mass is 10.1. The molecule has 0 saturated carbocycles. The Balaban J connectivity index is 2.32. The maximum absolute atomic E-state index is 12.9. The van der Waals surface area contributed by atoms with Gasteiger partial charge in [-0.3, -0.25) is 9.10 Å². The highest BCUT2D eigenvalue weighted by atomic mass is 35.5. The minimum Gasteiger partial charge on any atom is -0.495 e. The zero-order chi connectivity index (χ0) is 21.6. The van der Waals surface area contributed by atoms with Gasteiger partial charge in [0.1, 0.15) is 17.5 Å². The number of hydrogen-bond acceptors (Lipinski definition) is 5. The Morgan fingerprint density at radius 2 is 1.83 bits per heavy atom. The van der Waals surface area contributed by atoms with Gasteiger partial charge in [0.05, 0.1) is 30.7 Å². The van der Waals surface area contributed by atoms with E-state index in [1.54, 1.807) is 49.4 Å². The fourth-order valence-electron chi connectivity index (χ4n) is 2.89. The molecule has 0 saturated heterocycles. The zero-order valence-corrected chi connectivity index (χ0v) is 18.4. The van der Waals surface area contributed by atoms with Crippen LogP contribution in [-0.4, -0.2) is 40.3 Å². The van der Waals surface area contributed by atoms with Gasteiger partial charge in [-0.1, -0.05) is 18.5 Å². The van der Waals surface area contributed by atoms with Gasteiger partial charge in [0, 0.05) is 5.69 Å². The van der Waals surface area contributed by atoms with Crippen LogP contribution in [0, 0.1) is 0 Å². The average molecular weight is 441 g/mol. The fraction of sp³-hybridized carbons (Fsp3) is 0.350. The van der Waals surface area contributed by atoms with Crippen molar-refractivity contribution in [3.05, 3.63) is 47.5 Å². The van der Waals surface area contributed by atoms with Crippen molar-refractivity contribution in [3.63, 3.8) is 0 Å². The summed E-state index contributed by atoms with van der Waals surface area (Å²) >= 11 is 6.10. The second kappa shape index (κ2) is 9.84. The number of ether oxygens (including phenoxy) is 2. The van der Waals surface area contributed by atoms with Crippen molar-refractivity contribution in [2.45, 2.75) is 26.3 Å². The molecule has 0 heterocycles. The molecule has 9 heteroatoms. The lowest BCUT2D eigenvalue weighted by molar-refractivity contribution is -0.117. The van der Waals surface area contributed by atoms with Crippen molar-refractivity contribution in [2.24, 2.45) is 0 Å². The molecule has 0 aliphatic rings.